The van der Waals surface area contributed by atoms with Crippen molar-refractivity contribution >= 4 is 11.8 Å². The fraction of sp³-hybridized carbons (Fsp3) is 0.222. The number of rotatable bonds is 6. The zero-order valence-corrected chi connectivity index (χ0v) is 18.1. The highest BCUT2D eigenvalue weighted by atomic mass is 16.2. The molecule has 2 heterocycles. The van der Waals surface area contributed by atoms with Crippen LogP contribution in [0.4, 0.5) is 0 Å². The molecular weight excluding hydrogens is 398 g/mol. The molecule has 0 N–H and O–H groups in total. The third kappa shape index (κ3) is 4.94. The minimum absolute atomic E-state index is 0.0330. The maximum atomic E-state index is 13.3. The van der Waals surface area contributed by atoms with E-state index >= 15 is 0 Å². The summed E-state index contributed by atoms with van der Waals surface area (Å²) in [5.74, 6) is -0.269. The Morgan fingerprint density at radius 3 is 2.53 bits per heavy atom. The molecular formula is C27H27N3O2. The first kappa shape index (κ1) is 21.5. The quantitative estimate of drug-likeness (QED) is 0.559. The van der Waals surface area contributed by atoms with Gasteiger partial charge < -0.3 is 9.80 Å². The van der Waals surface area contributed by atoms with Crippen LogP contribution in [0.25, 0.3) is 11.1 Å². The lowest BCUT2D eigenvalue weighted by molar-refractivity contribution is -0.134. The molecule has 0 spiro atoms. The fourth-order valence-corrected chi connectivity index (χ4v) is 4.19. The van der Waals surface area contributed by atoms with E-state index in [0.717, 1.165) is 16.7 Å². The molecule has 4 rings (SSSR count). The van der Waals surface area contributed by atoms with Crippen LogP contribution in [0.15, 0.2) is 91.8 Å². The summed E-state index contributed by atoms with van der Waals surface area (Å²) >= 11 is 0. The minimum atomic E-state index is -0.308. The number of carbonyl (C=O) groups is 2. The van der Waals surface area contributed by atoms with E-state index < -0.39 is 0 Å². The monoisotopic (exact) mass is 425 g/mol. The summed E-state index contributed by atoms with van der Waals surface area (Å²) in [6, 6.07) is 21.5. The van der Waals surface area contributed by atoms with Crippen molar-refractivity contribution in [2.45, 2.75) is 6.42 Å². The maximum Gasteiger partial charge on any atom is 0.253 e. The number of benzene rings is 2. The van der Waals surface area contributed by atoms with E-state index in [9.17, 15) is 9.59 Å². The van der Waals surface area contributed by atoms with E-state index in [1.54, 1.807) is 18.5 Å². The van der Waals surface area contributed by atoms with E-state index in [0.29, 0.717) is 38.2 Å². The summed E-state index contributed by atoms with van der Waals surface area (Å²) in [7, 11) is 0. The van der Waals surface area contributed by atoms with Crippen molar-refractivity contribution in [2.24, 2.45) is 5.92 Å². The second kappa shape index (κ2) is 10.1. The van der Waals surface area contributed by atoms with E-state index in [2.05, 4.69) is 23.7 Å². The molecule has 1 aliphatic rings. The molecule has 0 unspecified atom stereocenters. The Bertz CT molecular complexity index is 1080. The first-order valence-electron chi connectivity index (χ1n) is 10.9. The molecule has 0 radical (unpaired) electrons. The van der Waals surface area contributed by atoms with Crippen LogP contribution in [0, 0.1) is 5.92 Å². The smallest absolute Gasteiger partial charge is 0.253 e. The normalized spacial score (nSPS) is 16.5. The molecule has 1 atom stereocenters. The van der Waals surface area contributed by atoms with Crippen LogP contribution in [0.3, 0.4) is 0 Å². The highest BCUT2D eigenvalue weighted by Crippen LogP contribution is 2.23. The number of amides is 2. The Hall–Kier alpha value is -3.73. The molecule has 5 heteroatoms. The molecule has 1 saturated heterocycles. The summed E-state index contributed by atoms with van der Waals surface area (Å²) in [6.07, 6.45) is 5.87. The predicted molar refractivity (Wildman–Crippen MR) is 126 cm³/mol. The molecule has 2 aromatic carbocycles. The number of pyridine rings is 1. The summed E-state index contributed by atoms with van der Waals surface area (Å²) in [5.41, 5.74) is 3.90. The molecule has 1 aromatic heterocycles. The average Bonchev–Trinajstić information content (AvgIpc) is 2.99. The Labute approximate surface area is 189 Å². The van der Waals surface area contributed by atoms with Crippen molar-refractivity contribution in [2.75, 3.05) is 26.2 Å². The standard InChI is InChI=1S/C27H27N3O2/c1-2-15-29-16-17-30(26(31)23-8-4-3-5-9-23)20-25(27(29)32)19-21-7-6-10-24(18-21)22-11-13-28-14-12-22/h2-14,18,25H,1,15-17,19-20H2/t25-/m1/s1. The van der Waals surface area contributed by atoms with E-state index in [1.807, 2.05) is 64.4 Å². The van der Waals surface area contributed by atoms with Crippen molar-refractivity contribution in [1.82, 2.24) is 14.8 Å². The lowest BCUT2D eigenvalue weighted by atomic mass is 9.95. The molecule has 0 bridgehead atoms. The van der Waals surface area contributed by atoms with Gasteiger partial charge in [0.1, 0.15) is 0 Å². The van der Waals surface area contributed by atoms with Crippen LogP contribution in [0.2, 0.25) is 0 Å². The van der Waals surface area contributed by atoms with Crippen molar-refractivity contribution < 1.29 is 9.59 Å². The SMILES string of the molecule is C=CCN1CCN(C(=O)c2ccccc2)C[C@@H](Cc2cccc(-c3ccncc3)c2)C1=O. The number of aromatic nitrogens is 1. The van der Waals surface area contributed by atoms with Gasteiger partial charge in [0.2, 0.25) is 5.91 Å². The Morgan fingerprint density at radius 2 is 1.78 bits per heavy atom. The van der Waals surface area contributed by atoms with Crippen LogP contribution >= 0.6 is 0 Å². The lowest BCUT2D eigenvalue weighted by Gasteiger charge is -2.24. The first-order chi connectivity index (χ1) is 15.7. The first-order valence-corrected chi connectivity index (χ1v) is 10.9. The Kier molecular flexibility index (Phi) is 6.75. The van der Waals surface area contributed by atoms with Crippen LogP contribution in [-0.4, -0.2) is 52.8 Å². The molecule has 5 nitrogen and oxygen atoms in total. The van der Waals surface area contributed by atoms with Gasteiger partial charge in [-0.1, -0.05) is 48.5 Å². The molecule has 162 valence electrons. The van der Waals surface area contributed by atoms with Gasteiger partial charge in [0.05, 0.1) is 5.92 Å². The zero-order valence-electron chi connectivity index (χ0n) is 18.1. The van der Waals surface area contributed by atoms with Crippen molar-refractivity contribution in [3.8, 4) is 11.1 Å². The van der Waals surface area contributed by atoms with Crippen LogP contribution in [-0.2, 0) is 11.2 Å². The second-order valence-electron chi connectivity index (χ2n) is 8.03. The number of hydrogen-bond donors (Lipinski definition) is 0. The van der Waals surface area contributed by atoms with Crippen LogP contribution in [0.5, 0.6) is 0 Å². The predicted octanol–water partition coefficient (Wildman–Crippen LogP) is 4.08. The number of carbonyl (C=O) groups excluding carboxylic acids is 2. The van der Waals surface area contributed by atoms with E-state index in [1.165, 1.54) is 0 Å². The molecule has 1 fully saturated rings. The fourth-order valence-electron chi connectivity index (χ4n) is 4.19. The highest BCUT2D eigenvalue weighted by Gasteiger charge is 2.32. The number of hydrogen-bond acceptors (Lipinski definition) is 3. The Morgan fingerprint density at radius 1 is 1.00 bits per heavy atom. The third-order valence-electron chi connectivity index (χ3n) is 5.82. The second-order valence-corrected chi connectivity index (χ2v) is 8.03. The molecule has 1 aliphatic heterocycles. The Balaban J connectivity index is 1.59. The molecule has 3 aromatic rings. The lowest BCUT2D eigenvalue weighted by Crippen LogP contribution is -2.38. The van der Waals surface area contributed by atoms with Crippen molar-refractivity contribution in [3.63, 3.8) is 0 Å². The van der Waals surface area contributed by atoms with Gasteiger partial charge in [-0.2, -0.15) is 0 Å². The van der Waals surface area contributed by atoms with Crippen LogP contribution in [0.1, 0.15) is 15.9 Å². The van der Waals surface area contributed by atoms with Crippen LogP contribution < -0.4 is 0 Å². The third-order valence-corrected chi connectivity index (χ3v) is 5.82. The number of nitrogens with zero attached hydrogens (tertiary/aromatic N) is 3. The van der Waals surface area contributed by atoms with Gasteiger partial charge in [0.25, 0.3) is 5.91 Å². The summed E-state index contributed by atoms with van der Waals surface area (Å²) in [6.45, 7) is 5.71. The van der Waals surface area contributed by atoms with Gasteiger partial charge in [-0.3, -0.25) is 14.6 Å². The van der Waals surface area contributed by atoms with Gasteiger partial charge in [-0.15, -0.1) is 6.58 Å². The summed E-state index contributed by atoms with van der Waals surface area (Å²) < 4.78 is 0. The van der Waals surface area contributed by atoms with E-state index in [4.69, 9.17) is 0 Å². The highest BCUT2D eigenvalue weighted by molar-refractivity contribution is 5.94. The zero-order chi connectivity index (χ0) is 22.3. The van der Waals surface area contributed by atoms with Gasteiger partial charge in [0, 0.05) is 44.1 Å². The van der Waals surface area contributed by atoms with E-state index in [-0.39, 0.29) is 17.7 Å². The average molecular weight is 426 g/mol. The summed E-state index contributed by atoms with van der Waals surface area (Å²) in [5, 5.41) is 0. The molecule has 0 saturated carbocycles. The van der Waals surface area contributed by atoms with Crippen molar-refractivity contribution in [1.29, 1.82) is 0 Å². The van der Waals surface area contributed by atoms with Gasteiger partial charge in [-0.25, -0.2) is 0 Å². The van der Waals surface area contributed by atoms with Gasteiger partial charge in [0.15, 0.2) is 0 Å². The largest absolute Gasteiger partial charge is 0.337 e. The minimum Gasteiger partial charge on any atom is -0.337 e. The molecule has 32 heavy (non-hydrogen) atoms. The van der Waals surface area contributed by atoms with Crippen molar-refractivity contribution in [3.05, 3.63) is 103 Å². The van der Waals surface area contributed by atoms with Gasteiger partial charge >= 0.3 is 0 Å². The van der Waals surface area contributed by atoms with Gasteiger partial charge in [-0.05, 0) is 47.4 Å². The molecule has 2 amide bonds. The topological polar surface area (TPSA) is 53.5 Å². The maximum absolute atomic E-state index is 13.3. The summed E-state index contributed by atoms with van der Waals surface area (Å²) in [4.78, 5) is 34.2. The molecule has 0 aliphatic carbocycles.